The average Bonchev–Trinajstić information content (AvgIpc) is 2.92. The normalized spacial score (nSPS) is 11.0. The summed E-state index contributed by atoms with van der Waals surface area (Å²) in [5.41, 5.74) is -1.95. The molecule has 0 amide bonds. The Balaban J connectivity index is 0.000000354. The number of nitrogens with zero attached hydrogens (tertiary/aromatic N) is 4. The molecular weight excluding hydrogens is 592 g/mol. The van der Waals surface area contributed by atoms with Crippen molar-refractivity contribution >= 4 is 43.8 Å². The van der Waals surface area contributed by atoms with Gasteiger partial charge in [-0.15, -0.1) is 0 Å². The lowest BCUT2D eigenvalue weighted by Crippen LogP contribution is -2.25. The number of aryl methyl sites for hydroxylation is 2. The Morgan fingerprint density at radius 3 is 1.12 bits per heavy atom. The molecule has 0 bridgehead atoms. The van der Waals surface area contributed by atoms with E-state index in [1.165, 1.54) is 0 Å². The number of hydrogen-bond donors (Lipinski definition) is 0. The van der Waals surface area contributed by atoms with Gasteiger partial charge in [0.15, 0.2) is 24.8 Å². The third-order valence-corrected chi connectivity index (χ3v) is 6.91. The minimum Gasteiger partial charge on any atom is -0.744 e. The molecule has 2 aromatic heterocycles. The van der Waals surface area contributed by atoms with Crippen LogP contribution in [0.4, 0.5) is 11.4 Å². The molecular formula is C26H24N4O10S2. The van der Waals surface area contributed by atoms with Gasteiger partial charge in [0.2, 0.25) is 0 Å². The number of nitro groups is 2. The van der Waals surface area contributed by atoms with Gasteiger partial charge < -0.3 is 9.11 Å². The van der Waals surface area contributed by atoms with Crippen LogP contribution in [0.15, 0.2) is 107 Å². The smallest absolute Gasteiger partial charge is 0.270 e. The quantitative estimate of drug-likeness (QED) is 0.102. The fourth-order valence-corrected chi connectivity index (χ4v) is 4.51. The van der Waals surface area contributed by atoms with Crippen LogP contribution in [0.3, 0.4) is 0 Å². The molecule has 2 aromatic carbocycles. The van der Waals surface area contributed by atoms with Crippen molar-refractivity contribution in [3.05, 3.63) is 129 Å². The van der Waals surface area contributed by atoms with Gasteiger partial charge >= 0.3 is 0 Å². The standard InChI is InChI=1S/C14H10N2O10S2.2C6H8N/c17-15(18)11-5-3-9(13(7-11)27(21,22)23)1-2-10-4-6-12(16(19)20)8-14(10)28(24,25)26;2*1-7-5-3-2-4-6-7/h1-8H,(H,21,22,23)(H,24,25,26);2*2-6H,1H3/q;2*+1/p-2. The number of benzene rings is 2. The lowest BCUT2D eigenvalue weighted by atomic mass is 10.1. The van der Waals surface area contributed by atoms with E-state index in [4.69, 9.17) is 0 Å². The molecule has 14 nitrogen and oxygen atoms in total. The molecule has 0 fully saturated rings. The molecule has 2 heterocycles. The number of non-ortho nitro benzene ring substituents is 2. The van der Waals surface area contributed by atoms with Gasteiger partial charge in [-0.25, -0.2) is 26.0 Å². The Morgan fingerprint density at radius 2 is 0.905 bits per heavy atom. The highest BCUT2D eigenvalue weighted by Gasteiger charge is 2.16. The van der Waals surface area contributed by atoms with E-state index in [0.717, 1.165) is 36.4 Å². The molecule has 42 heavy (non-hydrogen) atoms. The van der Waals surface area contributed by atoms with Crippen LogP contribution in [0.1, 0.15) is 11.1 Å². The molecule has 0 unspecified atom stereocenters. The predicted octanol–water partition coefficient (Wildman–Crippen LogP) is 2.50. The Bertz CT molecular complexity index is 1660. The third kappa shape index (κ3) is 10.6. The average molecular weight is 617 g/mol. The maximum absolute atomic E-state index is 11.4. The van der Waals surface area contributed by atoms with Gasteiger partial charge in [0, 0.05) is 48.5 Å². The Morgan fingerprint density at radius 1 is 0.595 bits per heavy atom. The molecule has 0 aliphatic carbocycles. The molecule has 0 N–H and O–H groups in total. The van der Waals surface area contributed by atoms with Crippen molar-refractivity contribution in [2.75, 3.05) is 0 Å². The van der Waals surface area contributed by atoms with Gasteiger partial charge in [-0.2, -0.15) is 0 Å². The summed E-state index contributed by atoms with van der Waals surface area (Å²) >= 11 is 0. The Kier molecular flexibility index (Phi) is 11.6. The van der Waals surface area contributed by atoms with Crippen molar-refractivity contribution in [3.63, 3.8) is 0 Å². The number of hydrogen-bond acceptors (Lipinski definition) is 10. The van der Waals surface area contributed by atoms with Crippen LogP contribution in [0.5, 0.6) is 0 Å². The Hall–Kier alpha value is -4.90. The highest BCUT2D eigenvalue weighted by atomic mass is 32.2. The minimum absolute atomic E-state index is 0.312. The van der Waals surface area contributed by atoms with E-state index in [0.29, 0.717) is 12.1 Å². The fraction of sp³-hybridized carbons (Fsp3) is 0.0769. The molecule has 0 aliphatic rings. The molecule has 0 spiro atoms. The molecule has 0 saturated carbocycles. The van der Waals surface area contributed by atoms with Crippen LogP contribution in [-0.4, -0.2) is 35.8 Å². The van der Waals surface area contributed by atoms with Crippen molar-refractivity contribution in [3.8, 4) is 0 Å². The minimum atomic E-state index is -5.13. The fourth-order valence-electron chi connectivity index (χ4n) is 3.13. The summed E-state index contributed by atoms with van der Waals surface area (Å²) < 4.78 is 72.1. The van der Waals surface area contributed by atoms with Crippen LogP contribution < -0.4 is 9.13 Å². The predicted molar refractivity (Wildman–Crippen MR) is 146 cm³/mol. The summed E-state index contributed by atoms with van der Waals surface area (Å²) in [6.45, 7) is 0. The summed E-state index contributed by atoms with van der Waals surface area (Å²) in [5, 5.41) is 21.5. The summed E-state index contributed by atoms with van der Waals surface area (Å²) in [4.78, 5) is 17.8. The lowest BCUT2D eigenvalue weighted by Gasteiger charge is -2.12. The Labute approximate surface area is 241 Å². The van der Waals surface area contributed by atoms with E-state index in [1.54, 1.807) is 0 Å². The van der Waals surface area contributed by atoms with Crippen LogP contribution in [0, 0.1) is 20.2 Å². The van der Waals surface area contributed by atoms with E-state index in [1.807, 2.05) is 84.4 Å². The first-order valence-electron chi connectivity index (χ1n) is 11.6. The second kappa shape index (κ2) is 14.6. The molecule has 0 radical (unpaired) electrons. The monoisotopic (exact) mass is 616 g/mol. The van der Waals surface area contributed by atoms with Crippen molar-refractivity contribution in [2.45, 2.75) is 9.79 Å². The van der Waals surface area contributed by atoms with Gasteiger partial charge in [-0.1, -0.05) is 24.3 Å². The zero-order valence-corrected chi connectivity index (χ0v) is 23.7. The summed E-state index contributed by atoms with van der Waals surface area (Å²) in [5.74, 6) is 0. The van der Waals surface area contributed by atoms with Crippen molar-refractivity contribution in [1.29, 1.82) is 0 Å². The molecule has 0 atom stereocenters. The molecule has 0 aliphatic heterocycles. The van der Waals surface area contributed by atoms with E-state index < -0.39 is 51.2 Å². The van der Waals surface area contributed by atoms with Crippen LogP contribution >= 0.6 is 0 Å². The number of aromatic nitrogens is 2. The maximum atomic E-state index is 11.4. The molecule has 0 saturated heterocycles. The van der Waals surface area contributed by atoms with Crippen LogP contribution in [0.25, 0.3) is 12.2 Å². The van der Waals surface area contributed by atoms with Gasteiger partial charge in [0.05, 0.1) is 19.6 Å². The molecule has 4 aromatic rings. The molecule has 16 heteroatoms. The summed E-state index contributed by atoms with van der Waals surface area (Å²) in [7, 11) is -6.25. The van der Waals surface area contributed by atoms with Gasteiger partial charge in [0.25, 0.3) is 11.4 Å². The SMILES string of the molecule is C[n+]1ccccc1.C[n+]1ccccc1.O=[N+]([O-])c1ccc(C=Cc2ccc([N+](=O)[O-])cc2S(=O)(=O)[O-])c(S(=O)(=O)[O-])c1. The van der Waals surface area contributed by atoms with Crippen molar-refractivity contribution in [1.82, 2.24) is 0 Å². The summed E-state index contributed by atoms with van der Waals surface area (Å²) in [6.07, 6.45) is 9.87. The topological polar surface area (TPSA) is 208 Å². The van der Waals surface area contributed by atoms with Crippen LogP contribution in [-0.2, 0) is 34.3 Å². The van der Waals surface area contributed by atoms with E-state index >= 15 is 0 Å². The van der Waals surface area contributed by atoms with Crippen LogP contribution in [0.2, 0.25) is 0 Å². The highest BCUT2D eigenvalue weighted by molar-refractivity contribution is 7.86. The molecule has 4 rings (SSSR count). The number of rotatable bonds is 6. The van der Waals surface area contributed by atoms with Gasteiger partial charge in [0.1, 0.15) is 34.3 Å². The first kappa shape index (κ1) is 33.3. The zero-order valence-electron chi connectivity index (χ0n) is 22.1. The van der Waals surface area contributed by atoms with Gasteiger partial charge in [-0.05, 0) is 23.3 Å². The van der Waals surface area contributed by atoms with E-state index in [9.17, 15) is 46.2 Å². The summed E-state index contributed by atoms with van der Waals surface area (Å²) in [6, 6.07) is 16.8. The van der Waals surface area contributed by atoms with Crippen molar-refractivity contribution < 1.29 is 44.9 Å². The number of nitro benzene ring substituents is 2. The second-order valence-corrected chi connectivity index (χ2v) is 11.0. The third-order valence-electron chi connectivity index (χ3n) is 5.13. The largest absolute Gasteiger partial charge is 0.744 e. The maximum Gasteiger partial charge on any atom is 0.270 e. The number of pyridine rings is 2. The zero-order chi connectivity index (χ0) is 31.5. The second-order valence-electron chi connectivity index (χ2n) is 8.28. The molecule has 220 valence electrons. The van der Waals surface area contributed by atoms with E-state index in [-0.39, 0.29) is 11.1 Å². The van der Waals surface area contributed by atoms with E-state index in [2.05, 4.69) is 0 Å². The van der Waals surface area contributed by atoms with Crippen molar-refractivity contribution in [2.24, 2.45) is 14.1 Å². The lowest BCUT2D eigenvalue weighted by molar-refractivity contribution is -0.671. The highest BCUT2D eigenvalue weighted by Crippen LogP contribution is 2.27. The van der Waals surface area contributed by atoms with Gasteiger partial charge in [-0.3, -0.25) is 20.2 Å². The first-order valence-corrected chi connectivity index (χ1v) is 14.4. The first-order chi connectivity index (χ1) is 19.6.